The molecule has 17 heavy (non-hydrogen) atoms. The van der Waals surface area contributed by atoms with Crippen molar-refractivity contribution in [1.82, 2.24) is 4.98 Å². The zero-order valence-corrected chi connectivity index (χ0v) is 11.3. The third-order valence-corrected chi connectivity index (χ3v) is 2.73. The Hall–Kier alpha value is -1.29. The van der Waals surface area contributed by atoms with E-state index in [1.165, 1.54) is 0 Å². The Kier molecular flexibility index (Phi) is 4.34. The van der Waals surface area contributed by atoms with Crippen molar-refractivity contribution in [1.29, 1.82) is 0 Å². The van der Waals surface area contributed by atoms with Gasteiger partial charge < -0.3 is 14.7 Å². The molecular formula is C13H22N2O2. The van der Waals surface area contributed by atoms with E-state index in [1.807, 2.05) is 51.8 Å². The molecule has 0 atom stereocenters. The normalized spacial score (nSPS) is 11.7. The van der Waals surface area contributed by atoms with E-state index in [9.17, 15) is 5.11 Å². The predicted molar refractivity (Wildman–Crippen MR) is 69.6 cm³/mol. The van der Waals surface area contributed by atoms with E-state index in [0.717, 1.165) is 11.6 Å². The van der Waals surface area contributed by atoms with Crippen molar-refractivity contribution in [2.24, 2.45) is 0 Å². The average Bonchev–Trinajstić information content (AvgIpc) is 2.28. The van der Waals surface area contributed by atoms with Crippen LogP contribution < -0.4 is 9.64 Å². The van der Waals surface area contributed by atoms with E-state index >= 15 is 0 Å². The Bertz CT molecular complexity index is 364. The van der Waals surface area contributed by atoms with Gasteiger partial charge in [0.15, 0.2) is 11.6 Å². The van der Waals surface area contributed by atoms with Gasteiger partial charge in [0.25, 0.3) is 0 Å². The third-order valence-electron chi connectivity index (χ3n) is 2.73. The van der Waals surface area contributed by atoms with Gasteiger partial charge in [0.1, 0.15) is 0 Å². The number of aliphatic hydroxyl groups excluding tert-OH is 1. The fourth-order valence-corrected chi connectivity index (χ4v) is 1.37. The van der Waals surface area contributed by atoms with Crippen molar-refractivity contribution < 1.29 is 9.84 Å². The molecule has 0 aliphatic heterocycles. The molecule has 1 heterocycles. The van der Waals surface area contributed by atoms with Crippen molar-refractivity contribution in [2.45, 2.75) is 39.3 Å². The van der Waals surface area contributed by atoms with Crippen molar-refractivity contribution in [2.75, 3.05) is 18.6 Å². The number of pyridine rings is 1. The molecule has 0 aromatic carbocycles. The number of aromatic nitrogens is 1. The summed E-state index contributed by atoms with van der Waals surface area (Å²) >= 11 is 0. The number of hydrogen-bond donors (Lipinski definition) is 1. The van der Waals surface area contributed by atoms with Crippen molar-refractivity contribution in [3.63, 3.8) is 0 Å². The van der Waals surface area contributed by atoms with Crippen LogP contribution in [0.3, 0.4) is 0 Å². The van der Waals surface area contributed by atoms with Crippen LogP contribution in [0.1, 0.15) is 27.7 Å². The highest BCUT2D eigenvalue weighted by Crippen LogP contribution is 2.29. The number of anilines is 1. The van der Waals surface area contributed by atoms with Gasteiger partial charge in [0.05, 0.1) is 18.2 Å². The molecule has 0 radical (unpaired) electrons. The molecule has 4 heteroatoms. The highest BCUT2D eigenvalue weighted by Gasteiger charge is 2.26. The number of aliphatic hydroxyl groups is 1. The Morgan fingerprint density at radius 3 is 2.65 bits per heavy atom. The molecule has 0 aliphatic carbocycles. The molecule has 1 aromatic heterocycles. The summed E-state index contributed by atoms with van der Waals surface area (Å²) in [5, 5.41) is 9.39. The van der Waals surface area contributed by atoms with Gasteiger partial charge >= 0.3 is 0 Å². The molecule has 0 saturated heterocycles. The Labute approximate surface area is 103 Å². The number of rotatable bonds is 5. The predicted octanol–water partition coefficient (Wildman–Crippen LogP) is 2.08. The molecule has 1 N–H and O–H groups in total. The minimum Gasteiger partial charge on any atom is -0.487 e. The zero-order chi connectivity index (χ0) is 13.1. The average molecular weight is 238 g/mol. The molecule has 4 nitrogen and oxygen atoms in total. The van der Waals surface area contributed by atoms with Crippen molar-refractivity contribution in [3.05, 3.63) is 18.3 Å². The van der Waals surface area contributed by atoms with E-state index < -0.39 is 0 Å². The first kappa shape index (κ1) is 13.8. The maximum absolute atomic E-state index is 9.39. The minimum absolute atomic E-state index is 0.0567. The second-order valence-electron chi connectivity index (χ2n) is 5.02. The summed E-state index contributed by atoms with van der Waals surface area (Å²) in [6.07, 6.45) is 1.83. The van der Waals surface area contributed by atoms with Gasteiger partial charge in [-0.2, -0.15) is 0 Å². The van der Waals surface area contributed by atoms with Crippen LogP contribution in [-0.2, 0) is 0 Å². The first-order chi connectivity index (χ1) is 7.88. The lowest BCUT2D eigenvalue weighted by atomic mass is 10.1. The van der Waals surface area contributed by atoms with Crippen LogP contribution in [0.25, 0.3) is 0 Å². The molecule has 1 aromatic rings. The maximum atomic E-state index is 9.39. The first-order valence-electron chi connectivity index (χ1n) is 5.85. The van der Waals surface area contributed by atoms with Crippen LogP contribution in [0.15, 0.2) is 18.3 Å². The second kappa shape index (κ2) is 5.36. The van der Waals surface area contributed by atoms with E-state index in [0.29, 0.717) is 0 Å². The van der Waals surface area contributed by atoms with Gasteiger partial charge in [-0.15, -0.1) is 0 Å². The topological polar surface area (TPSA) is 45.6 Å². The largest absolute Gasteiger partial charge is 0.487 e. The Morgan fingerprint density at radius 1 is 1.47 bits per heavy atom. The molecule has 1 rings (SSSR count). The van der Waals surface area contributed by atoms with Gasteiger partial charge in [0.2, 0.25) is 0 Å². The second-order valence-corrected chi connectivity index (χ2v) is 5.02. The SMILES string of the molecule is CC(C)Oc1cccnc1N(C)C(C)(C)CO. The summed E-state index contributed by atoms with van der Waals surface area (Å²) in [4.78, 5) is 6.27. The van der Waals surface area contributed by atoms with E-state index in [1.54, 1.807) is 6.20 Å². The fraction of sp³-hybridized carbons (Fsp3) is 0.615. The maximum Gasteiger partial charge on any atom is 0.171 e. The molecule has 0 fully saturated rings. The zero-order valence-electron chi connectivity index (χ0n) is 11.3. The summed E-state index contributed by atoms with van der Waals surface area (Å²) < 4.78 is 5.72. The van der Waals surface area contributed by atoms with Gasteiger partial charge in [0, 0.05) is 13.2 Å². The lowest BCUT2D eigenvalue weighted by Crippen LogP contribution is -2.45. The third kappa shape index (κ3) is 3.33. The van der Waals surface area contributed by atoms with Gasteiger partial charge in [-0.25, -0.2) is 4.98 Å². The monoisotopic (exact) mass is 238 g/mol. The molecule has 0 amide bonds. The minimum atomic E-state index is -0.372. The van der Waals surface area contributed by atoms with Crippen LogP contribution in [-0.4, -0.2) is 35.4 Å². The van der Waals surface area contributed by atoms with Crippen LogP contribution in [0.5, 0.6) is 5.75 Å². The van der Waals surface area contributed by atoms with Gasteiger partial charge in [-0.3, -0.25) is 0 Å². The number of hydrogen-bond acceptors (Lipinski definition) is 4. The summed E-state index contributed by atoms with van der Waals surface area (Å²) in [7, 11) is 1.91. The number of ether oxygens (including phenoxy) is 1. The summed E-state index contributed by atoms with van der Waals surface area (Å²) in [6, 6.07) is 3.74. The molecule has 96 valence electrons. The standard InChI is InChI=1S/C13H22N2O2/c1-10(2)17-11-7-6-8-14-12(11)15(5)13(3,4)9-16/h6-8,10,16H,9H2,1-5H3. The lowest BCUT2D eigenvalue weighted by molar-refractivity contribution is 0.211. The molecule has 0 aliphatic rings. The molecule has 0 unspecified atom stereocenters. The van der Waals surface area contributed by atoms with E-state index in [4.69, 9.17) is 4.74 Å². The molecule has 0 spiro atoms. The molecular weight excluding hydrogens is 216 g/mol. The van der Waals surface area contributed by atoms with Gasteiger partial charge in [-0.1, -0.05) is 0 Å². The van der Waals surface area contributed by atoms with Gasteiger partial charge in [-0.05, 0) is 39.8 Å². The highest BCUT2D eigenvalue weighted by molar-refractivity contribution is 5.53. The molecule has 0 saturated carbocycles. The van der Waals surface area contributed by atoms with Crippen LogP contribution in [0, 0.1) is 0 Å². The highest BCUT2D eigenvalue weighted by atomic mass is 16.5. The van der Waals surface area contributed by atoms with Crippen LogP contribution in [0.4, 0.5) is 5.82 Å². The van der Waals surface area contributed by atoms with Crippen molar-refractivity contribution >= 4 is 5.82 Å². The quantitative estimate of drug-likeness (QED) is 0.853. The summed E-state index contributed by atoms with van der Waals surface area (Å²) in [5.74, 6) is 1.49. The summed E-state index contributed by atoms with van der Waals surface area (Å²) in [5.41, 5.74) is -0.372. The fourth-order valence-electron chi connectivity index (χ4n) is 1.37. The first-order valence-corrected chi connectivity index (χ1v) is 5.85. The van der Waals surface area contributed by atoms with Crippen molar-refractivity contribution in [3.8, 4) is 5.75 Å². The Balaban J connectivity index is 3.04. The van der Waals surface area contributed by atoms with E-state index in [-0.39, 0.29) is 18.2 Å². The molecule has 0 bridgehead atoms. The van der Waals surface area contributed by atoms with E-state index in [2.05, 4.69) is 4.98 Å². The number of nitrogens with zero attached hydrogens (tertiary/aromatic N) is 2. The summed E-state index contributed by atoms with van der Waals surface area (Å²) in [6.45, 7) is 7.94. The lowest BCUT2D eigenvalue weighted by Gasteiger charge is -2.35. The smallest absolute Gasteiger partial charge is 0.171 e. The van der Waals surface area contributed by atoms with Crippen LogP contribution in [0.2, 0.25) is 0 Å². The Morgan fingerprint density at radius 2 is 2.12 bits per heavy atom. The van der Waals surface area contributed by atoms with Crippen LogP contribution >= 0.6 is 0 Å². The number of likely N-dealkylation sites (N-methyl/N-ethyl adjacent to an activating group) is 1.